The second-order valence-corrected chi connectivity index (χ2v) is 10.9. The standard InChI is InChI=1S/C32H33NO4S/c1-3-4-5-15-22-28-29(24-23-25-16-9-6-10-17-25)33(38(35,36)27-20-13-8-14-21-27)31(30(28)32(34)37-2)26-18-11-7-12-19-26/h6-14,16-21,23-24H,3-5,15,22H2,1-2H3/b24-23+. The van der Waals surface area contributed by atoms with E-state index in [9.17, 15) is 13.2 Å². The third-order valence-corrected chi connectivity index (χ3v) is 8.23. The van der Waals surface area contributed by atoms with Gasteiger partial charge in [-0.3, -0.25) is 0 Å². The highest BCUT2D eigenvalue weighted by Gasteiger charge is 2.33. The predicted molar refractivity (Wildman–Crippen MR) is 153 cm³/mol. The Morgan fingerprint density at radius 2 is 1.42 bits per heavy atom. The molecular formula is C32H33NO4S. The van der Waals surface area contributed by atoms with E-state index in [4.69, 9.17) is 4.74 Å². The maximum atomic E-state index is 14.3. The van der Waals surface area contributed by atoms with Crippen LogP contribution in [0.25, 0.3) is 23.4 Å². The van der Waals surface area contributed by atoms with E-state index in [2.05, 4.69) is 6.92 Å². The first-order valence-corrected chi connectivity index (χ1v) is 14.4. The maximum Gasteiger partial charge on any atom is 0.340 e. The molecule has 0 N–H and O–H groups in total. The number of unbranched alkanes of at least 4 members (excludes halogenated alkanes) is 3. The van der Waals surface area contributed by atoms with E-state index in [1.54, 1.807) is 30.3 Å². The summed E-state index contributed by atoms with van der Waals surface area (Å²) in [4.78, 5) is 13.5. The van der Waals surface area contributed by atoms with E-state index in [1.807, 2.05) is 72.8 Å². The van der Waals surface area contributed by atoms with Gasteiger partial charge < -0.3 is 4.74 Å². The highest BCUT2D eigenvalue weighted by Crippen LogP contribution is 2.37. The number of ether oxygens (including phenoxy) is 1. The molecule has 1 aromatic heterocycles. The third-order valence-electron chi connectivity index (χ3n) is 6.50. The molecule has 0 saturated carbocycles. The van der Waals surface area contributed by atoms with Crippen LogP contribution in [0.15, 0.2) is 95.9 Å². The predicted octanol–water partition coefficient (Wildman–Crippen LogP) is 7.47. The van der Waals surface area contributed by atoms with E-state index in [0.29, 0.717) is 34.5 Å². The molecule has 5 nitrogen and oxygen atoms in total. The number of rotatable bonds is 11. The van der Waals surface area contributed by atoms with Crippen molar-refractivity contribution in [2.24, 2.45) is 0 Å². The number of esters is 1. The molecule has 0 aliphatic carbocycles. The lowest BCUT2D eigenvalue weighted by Crippen LogP contribution is -2.16. The van der Waals surface area contributed by atoms with Crippen molar-refractivity contribution in [3.05, 3.63) is 113 Å². The fourth-order valence-corrected chi connectivity index (χ4v) is 6.21. The molecule has 38 heavy (non-hydrogen) atoms. The van der Waals surface area contributed by atoms with Gasteiger partial charge in [-0.25, -0.2) is 17.2 Å². The zero-order chi connectivity index (χ0) is 27.0. The zero-order valence-corrected chi connectivity index (χ0v) is 22.7. The zero-order valence-electron chi connectivity index (χ0n) is 21.8. The van der Waals surface area contributed by atoms with Crippen LogP contribution < -0.4 is 0 Å². The van der Waals surface area contributed by atoms with E-state index < -0.39 is 16.0 Å². The van der Waals surface area contributed by atoms with Crippen molar-refractivity contribution >= 4 is 28.1 Å². The van der Waals surface area contributed by atoms with Crippen molar-refractivity contribution in [1.29, 1.82) is 0 Å². The highest BCUT2D eigenvalue weighted by atomic mass is 32.2. The van der Waals surface area contributed by atoms with Crippen molar-refractivity contribution in [2.75, 3.05) is 7.11 Å². The van der Waals surface area contributed by atoms with Gasteiger partial charge in [-0.15, -0.1) is 0 Å². The van der Waals surface area contributed by atoms with Crippen LogP contribution in [0.2, 0.25) is 0 Å². The molecule has 3 aromatic carbocycles. The molecule has 0 amide bonds. The summed E-state index contributed by atoms with van der Waals surface area (Å²) in [5.41, 5.74) is 3.31. The minimum Gasteiger partial charge on any atom is -0.465 e. The number of methoxy groups -OCH3 is 1. The summed E-state index contributed by atoms with van der Waals surface area (Å²) in [6, 6.07) is 27.2. The Morgan fingerprint density at radius 1 is 0.816 bits per heavy atom. The minimum atomic E-state index is -4.07. The smallest absolute Gasteiger partial charge is 0.340 e. The second kappa shape index (κ2) is 12.6. The molecule has 0 bridgehead atoms. The van der Waals surface area contributed by atoms with Crippen LogP contribution in [0, 0.1) is 0 Å². The first-order chi connectivity index (χ1) is 18.5. The molecule has 0 spiro atoms. The maximum absolute atomic E-state index is 14.3. The number of aromatic nitrogens is 1. The Balaban J connectivity index is 2.08. The summed E-state index contributed by atoms with van der Waals surface area (Å²) >= 11 is 0. The van der Waals surface area contributed by atoms with Gasteiger partial charge in [0.15, 0.2) is 0 Å². The van der Waals surface area contributed by atoms with Gasteiger partial charge >= 0.3 is 5.97 Å². The van der Waals surface area contributed by atoms with Gasteiger partial charge in [0.1, 0.15) is 0 Å². The fourth-order valence-electron chi connectivity index (χ4n) is 4.63. The molecule has 6 heteroatoms. The van der Waals surface area contributed by atoms with Crippen LogP contribution in [0.5, 0.6) is 0 Å². The molecule has 4 rings (SSSR count). The van der Waals surface area contributed by atoms with Crippen molar-refractivity contribution in [1.82, 2.24) is 3.97 Å². The van der Waals surface area contributed by atoms with Crippen molar-refractivity contribution < 1.29 is 17.9 Å². The van der Waals surface area contributed by atoms with E-state index in [0.717, 1.165) is 31.2 Å². The molecule has 0 fully saturated rings. The third kappa shape index (κ3) is 5.81. The average Bonchev–Trinajstić information content (AvgIpc) is 3.30. The lowest BCUT2D eigenvalue weighted by molar-refractivity contribution is 0.0600. The lowest BCUT2D eigenvalue weighted by atomic mass is 9.98. The number of carbonyl (C=O) groups excluding carboxylic acids is 1. The molecule has 0 atom stereocenters. The van der Waals surface area contributed by atoms with E-state index >= 15 is 0 Å². The fraction of sp³-hybridized carbons (Fsp3) is 0.219. The Kier molecular flexibility index (Phi) is 8.98. The number of hydrogen-bond acceptors (Lipinski definition) is 4. The lowest BCUT2D eigenvalue weighted by Gasteiger charge is -2.14. The van der Waals surface area contributed by atoms with Crippen molar-refractivity contribution in [3.8, 4) is 11.3 Å². The summed E-state index contributed by atoms with van der Waals surface area (Å²) < 4.78 is 35.2. The van der Waals surface area contributed by atoms with Crippen LogP contribution in [0.1, 0.15) is 59.8 Å². The van der Waals surface area contributed by atoms with Gasteiger partial charge in [0.25, 0.3) is 10.0 Å². The number of carbonyl (C=O) groups is 1. The first-order valence-electron chi connectivity index (χ1n) is 12.9. The molecular weight excluding hydrogens is 494 g/mol. The Morgan fingerprint density at radius 3 is 2.03 bits per heavy atom. The molecule has 0 saturated heterocycles. The summed E-state index contributed by atoms with van der Waals surface area (Å²) in [6.07, 6.45) is 8.20. The molecule has 196 valence electrons. The monoisotopic (exact) mass is 527 g/mol. The van der Waals surface area contributed by atoms with E-state index in [-0.39, 0.29) is 4.90 Å². The van der Waals surface area contributed by atoms with Crippen LogP contribution in [-0.4, -0.2) is 25.5 Å². The number of nitrogens with zero attached hydrogens (tertiary/aromatic N) is 1. The Bertz CT molecular complexity index is 1490. The molecule has 0 aliphatic rings. The normalized spacial score (nSPS) is 11.6. The molecule has 4 aromatic rings. The molecule has 0 aliphatic heterocycles. The van der Waals surface area contributed by atoms with Gasteiger partial charge in [0, 0.05) is 5.56 Å². The van der Waals surface area contributed by atoms with Gasteiger partial charge in [0.05, 0.1) is 29.0 Å². The molecule has 1 heterocycles. The van der Waals surface area contributed by atoms with Gasteiger partial charge in [-0.05, 0) is 42.2 Å². The van der Waals surface area contributed by atoms with Gasteiger partial charge in [-0.1, -0.05) is 111 Å². The summed E-state index contributed by atoms with van der Waals surface area (Å²) in [6.45, 7) is 2.14. The molecule has 0 radical (unpaired) electrons. The van der Waals surface area contributed by atoms with Gasteiger partial charge in [-0.2, -0.15) is 0 Å². The SMILES string of the molecule is CCCCCCc1c(C(=O)OC)c(-c2ccccc2)n(S(=O)(=O)c2ccccc2)c1/C=C/c1ccccc1. The van der Waals surface area contributed by atoms with Crippen LogP contribution in [0.4, 0.5) is 0 Å². The second-order valence-electron chi connectivity index (χ2n) is 9.08. The topological polar surface area (TPSA) is 65.4 Å². The van der Waals surface area contributed by atoms with E-state index in [1.165, 1.54) is 11.1 Å². The quantitative estimate of drug-likeness (QED) is 0.150. The van der Waals surface area contributed by atoms with Crippen LogP contribution in [0.3, 0.4) is 0 Å². The van der Waals surface area contributed by atoms with Crippen LogP contribution in [-0.2, 0) is 21.2 Å². The number of hydrogen-bond donors (Lipinski definition) is 0. The Hall–Kier alpha value is -3.90. The molecule has 0 unspecified atom stereocenters. The van der Waals surface area contributed by atoms with Crippen LogP contribution >= 0.6 is 0 Å². The summed E-state index contributed by atoms with van der Waals surface area (Å²) in [7, 11) is -2.74. The minimum absolute atomic E-state index is 0.149. The highest BCUT2D eigenvalue weighted by molar-refractivity contribution is 7.90. The van der Waals surface area contributed by atoms with Crippen molar-refractivity contribution in [2.45, 2.75) is 43.9 Å². The summed E-state index contributed by atoms with van der Waals surface area (Å²) in [5.74, 6) is -0.550. The largest absolute Gasteiger partial charge is 0.465 e. The Labute approximate surface area is 225 Å². The average molecular weight is 528 g/mol. The van der Waals surface area contributed by atoms with Gasteiger partial charge in [0.2, 0.25) is 0 Å². The van der Waals surface area contributed by atoms with Crippen molar-refractivity contribution in [3.63, 3.8) is 0 Å². The first kappa shape index (κ1) is 27.1. The summed E-state index contributed by atoms with van der Waals surface area (Å²) in [5, 5.41) is 0. The number of benzene rings is 3.